The third-order valence-corrected chi connectivity index (χ3v) is 2.47. The molecule has 0 bridgehead atoms. The Morgan fingerprint density at radius 2 is 1.80 bits per heavy atom. The average Bonchev–Trinajstić information content (AvgIpc) is 2.35. The van der Waals surface area contributed by atoms with Crippen LogP contribution in [0, 0.1) is 5.92 Å². The molecule has 0 aromatic rings. The number of nitrogens with zero attached hydrogens (tertiary/aromatic N) is 1. The molecule has 20 heavy (non-hydrogen) atoms. The van der Waals surface area contributed by atoms with Gasteiger partial charge in [0, 0.05) is 13.6 Å². The van der Waals surface area contributed by atoms with Gasteiger partial charge in [-0.3, -0.25) is 9.59 Å². The minimum atomic E-state index is -1.53. The van der Waals surface area contributed by atoms with Crippen molar-refractivity contribution in [1.82, 2.24) is 10.2 Å². The van der Waals surface area contributed by atoms with Gasteiger partial charge in [0.05, 0.1) is 19.4 Å². The van der Waals surface area contributed by atoms with Gasteiger partial charge in [-0.2, -0.15) is 0 Å². The molecule has 0 aromatic carbocycles. The van der Waals surface area contributed by atoms with Crippen LogP contribution in [-0.2, 0) is 19.1 Å². The van der Waals surface area contributed by atoms with Crippen LogP contribution in [0.3, 0.4) is 0 Å². The Morgan fingerprint density at radius 3 is 2.20 bits per heavy atom. The molecule has 2 atom stereocenters. The number of rotatable bonds is 7. The van der Waals surface area contributed by atoms with Crippen LogP contribution in [0.4, 0.5) is 4.79 Å². The van der Waals surface area contributed by atoms with E-state index >= 15 is 0 Å². The van der Waals surface area contributed by atoms with Crippen molar-refractivity contribution < 1.29 is 34.1 Å². The molecule has 114 valence electrons. The molecule has 1 unspecified atom stereocenters. The topological polar surface area (TPSA) is 133 Å². The smallest absolute Gasteiger partial charge is 0.326 e. The average molecular weight is 290 g/mol. The number of urea groups is 1. The number of carboxylic acid groups (broad SMARTS) is 2. The first-order valence-corrected chi connectivity index (χ1v) is 5.73. The van der Waals surface area contributed by atoms with Crippen molar-refractivity contribution in [3.63, 3.8) is 0 Å². The normalized spacial score (nSPS) is 12.9. The largest absolute Gasteiger partial charge is 0.481 e. The van der Waals surface area contributed by atoms with Crippen molar-refractivity contribution in [1.29, 1.82) is 0 Å². The van der Waals surface area contributed by atoms with Crippen molar-refractivity contribution in [3.8, 4) is 0 Å². The standard InChI is InChI=1S/C11H18N2O7/c1-6(10(18)20-3)5-13(2)11(19)12-7(9(16)17)4-8(14)15/h6-7H,4-5H2,1-3H3,(H,12,19)(H,14,15)(H,16,17)/t6?,7-/m0/s1. The number of hydrogen-bond acceptors (Lipinski definition) is 5. The van der Waals surface area contributed by atoms with E-state index in [1.165, 1.54) is 14.2 Å². The van der Waals surface area contributed by atoms with E-state index in [0.29, 0.717) is 0 Å². The molecule has 0 heterocycles. The number of amides is 2. The zero-order valence-electron chi connectivity index (χ0n) is 11.5. The summed E-state index contributed by atoms with van der Waals surface area (Å²) >= 11 is 0. The van der Waals surface area contributed by atoms with Crippen molar-refractivity contribution >= 4 is 23.9 Å². The van der Waals surface area contributed by atoms with E-state index in [1.54, 1.807) is 6.92 Å². The molecular weight excluding hydrogens is 272 g/mol. The minimum absolute atomic E-state index is 0.0118. The van der Waals surface area contributed by atoms with Crippen LogP contribution in [0.2, 0.25) is 0 Å². The fraction of sp³-hybridized carbons (Fsp3) is 0.636. The van der Waals surface area contributed by atoms with E-state index in [2.05, 4.69) is 10.1 Å². The monoisotopic (exact) mass is 290 g/mol. The van der Waals surface area contributed by atoms with Gasteiger partial charge in [0.15, 0.2) is 0 Å². The van der Waals surface area contributed by atoms with Crippen LogP contribution in [0.25, 0.3) is 0 Å². The molecule has 0 aliphatic heterocycles. The van der Waals surface area contributed by atoms with Gasteiger partial charge in [-0.15, -0.1) is 0 Å². The summed E-state index contributed by atoms with van der Waals surface area (Å²) in [6.45, 7) is 1.56. The van der Waals surface area contributed by atoms with Crippen LogP contribution in [0.1, 0.15) is 13.3 Å². The van der Waals surface area contributed by atoms with E-state index in [0.717, 1.165) is 4.90 Å². The molecule has 0 spiro atoms. The van der Waals surface area contributed by atoms with Crippen LogP contribution >= 0.6 is 0 Å². The summed E-state index contributed by atoms with van der Waals surface area (Å²) in [6.07, 6.45) is -0.735. The molecule has 0 radical (unpaired) electrons. The van der Waals surface area contributed by atoms with E-state index in [9.17, 15) is 19.2 Å². The number of nitrogens with one attached hydrogen (secondary N) is 1. The second kappa shape index (κ2) is 7.97. The highest BCUT2D eigenvalue weighted by Crippen LogP contribution is 2.02. The van der Waals surface area contributed by atoms with Gasteiger partial charge < -0.3 is 25.2 Å². The SMILES string of the molecule is COC(=O)C(C)CN(C)C(=O)N[C@@H](CC(=O)O)C(=O)O. The fourth-order valence-corrected chi connectivity index (χ4v) is 1.40. The zero-order valence-corrected chi connectivity index (χ0v) is 11.5. The van der Waals surface area contributed by atoms with Crippen LogP contribution < -0.4 is 5.32 Å². The van der Waals surface area contributed by atoms with E-state index in [1.807, 2.05) is 0 Å². The summed E-state index contributed by atoms with van der Waals surface area (Å²) in [7, 11) is 2.57. The molecule has 0 rings (SSSR count). The van der Waals surface area contributed by atoms with Crippen molar-refractivity contribution in [2.24, 2.45) is 5.92 Å². The van der Waals surface area contributed by atoms with Crippen molar-refractivity contribution in [2.75, 3.05) is 20.7 Å². The number of hydrogen-bond donors (Lipinski definition) is 3. The summed E-state index contributed by atoms with van der Waals surface area (Å²) in [5.41, 5.74) is 0. The molecule has 0 aliphatic rings. The molecule has 3 N–H and O–H groups in total. The van der Waals surface area contributed by atoms with Crippen molar-refractivity contribution in [3.05, 3.63) is 0 Å². The van der Waals surface area contributed by atoms with Crippen LogP contribution in [0.15, 0.2) is 0 Å². The number of esters is 1. The van der Waals surface area contributed by atoms with E-state index in [4.69, 9.17) is 10.2 Å². The zero-order chi connectivity index (χ0) is 15.9. The Kier molecular flexibility index (Phi) is 7.05. The van der Waals surface area contributed by atoms with Gasteiger partial charge in [-0.05, 0) is 0 Å². The Hall–Kier alpha value is -2.32. The maximum Gasteiger partial charge on any atom is 0.326 e. The summed E-state index contributed by atoms with van der Waals surface area (Å²) in [6, 6.07) is -2.31. The highest BCUT2D eigenvalue weighted by molar-refractivity contribution is 5.86. The molecule has 2 amide bonds. The first-order chi connectivity index (χ1) is 9.18. The molecule has 0 saturated heterocycles. The summed E-state index contributed by atoms with van der Waals surface area (Å²) < 4.78 is 4.50. The third kappa shape index (κ3) is 6.03. The summed E-state index contributed by atoms with van der Waals surface area (Å²) in [4.78, 5) is 45.2. The number of methoxy groups -OCH3 is 1. The highest BCUT2D eigenvalue weighted by atomic mass is 16.5. The Labute approximate surface area is 115 Å². The lowest BCUT2D eigenvalue weighted by Crippen LogP contribution is -2.48. The lowest BCUT2D eigenvalue weighted by Gasteiger charge is -2.22. The second-order valence-corrected chi connectivity index (χ2v) is 4.24. The highest BCUT2D eigenvalue weighted by Gasteiger charge is 2.25. The van der Waals surface area contributed by atoms with Gasteiger partial charge in [-0.1, -0.05) is 6.92 Å². The fourth-order valence-electron chi connectivity index (χ4n) is 1.40. The predicted octanol–water partition coefficient (Wildman–Crippen LogP) is -0.635. The molecule has 9 heteroatoms. The van der Waals surface area contributed by atoms with Gasteiger partial charge in [0.25, 0.3) is 0 Å². The Bertz CT molecular complexity index is 396. The summed E-state index contributed by atoms with van der Waals surface area (Å²) in [5, 5.41) is 19.4. The van der Waals surface area contributed by atoms with Gasteiger partial charge in [-0.25, -0.2) is 9.59 Å². The van der Waals surface area contributed by atoms with Gasteiger partial charge in [0.1, 0.15) is 6.04 Å². The van der Waals surface area contributed by atoms with E-state index < -0.39 is 42.3 Å². The molecule has 9 nitrogen and oxygen atoms in total. The third-order valence-electron chi connectivity index (χ3n) is 2.47. The Morgan fingerprint density at radius 1 is 1.25 bits per heavy atom. The van der Waals surface area contributed by atoms with E-state index in [-0.39, 0.29) is 6.54 Å². The number of aliphatic carboxylic acids is 2. The number of ether oxygens (including phenoxy) is 1. The van der Waals surface area contributed by atoms with Gasteiger partial charge in [0.2, 0.25) is 0 Å². The first kappa shape index (κ1) is 17.7. The maximum absolute atomic E-state index is 11.7. The van der Waals surface area contributed by atoms with Crippen molar-refractivity contribution in [2.45, 2.75) is 19.4 Å². The first-order valence-electron chi connectivity index (χ1n) is 5.73. The Balaban J connectivity index is 4.53. The lowest BCUT2D eigenvalue weighted by atomic mass is 10.2. The number of carbonyl (C=O) groups excluding carboxylic acids is 2. The quantitative estimate of drug-likeness (QED) is 0.531. The van der Waals surface area contributed by atoms with Gasteiger partial charge >= 0.3 is 23.9 Å². The predicted molar refractivity (Wildman–Crippen MR) is 66.0 cm³/mol. The maximum atomic E-state index is 11.7. The summed E-state index contributed by atoms with van der Waals surface area (Å²) in [5.74, 6) is -3.89. The minimum Gasteiger partial charge on any atom is -0.481 e. The van der Waals surface area contributed by atoms with Crippen LogP contribution in [0.5, 0.6) is 0 Å². The lowest BCUT2D eigenvalue weighted by molar-refractivity contribution is -0.145. The molecule has 0 saturated carbocycles. The molecule has 0 aliphatic carbocycles. The second-order valence-electron chi connectivity index (χ2n) is 4.24. The molecule has 0 fully saturated rings. The molecule has 0 aromatic heterocycles. The molecular formula is C11H18N2O7. The number of carbonyl (C=O) groups is 4. The van der Waals surface area contributed by atoms with Crippen LogP contribution in [-0.4, -0.2) is 65.8 Å². The number of carboxylic acids is 2.